The van der Waals surface area contributed by atoms with Gasteiger partial charge in [0.15, 0.2) is 0 Å². The maximum absolute atomic E-state index is 4.49. The Hall–Kier alpha value is -1.62. The molecule has 2 rings (SSSR count). The van der Waals surface area contributed by atoms with E-state index in [-0.39, 0.29) is 5.41 Å². The Bertz CT molecular complexity index is 575. The third kappa shape index (κ3) is 3.73. The highest BCUT2D eigenvalue weighted by molar-refractivity contribution is 5.24. The minimum Gasteiger partial charge on any atom is -0.336 e. The third-order valence-corrected chi connectivity index (χ3v) is 4.18. The monoisotopic (exact) mass is 289 g/mol. The van der Waals surface area contributed by atoms with Gasteiger partial charge in [0.25, 0.3) is 0 Å². The molecule has 0 saturated carbocycles. The number of rotatable bonds is 5. The maximum atomic E-state index is 4.49. The topological polar surface area (TPSA) is 47.7 Å². The van der Waals surface area contributed by atoms with Crippen LogP contribution in [0.25, 0.3) is 0 Å². The van der Waals surface area contributed by atoms with Gasteiger partial charge in [0.2, 0.25) is 0 Å². The van der Waals surface area contributed by atoms with Crippen LogP contribution in [0.15, 0.2) is 18.7 Å². The summed E-state index contributed by atoms with van der Waals surface area (Å²) in [5.74, 6) is 0. The van der Waals surface area contributed by atoms with Gasteiger partial charge in [0, 0.05) is 49.8 Å². The van der Waals surface area contributed by atoms with Crippen molar-refractivity contribution < 1.29 is 0 Å². The number of hydrogen-bond acceptors (Lipinski definition) is 3. The summed E-state index contributed by atoms with van der Waals surface area (Å²) >= 11 is 0. The van der Waals surface area contributed by atoms with Gasteiger partial charge in [-0.1, -0.05) is 20.8 Å². The van der Waals surface area contributed by atoms with Crippen molar-refractivity contribution in [2.45, 2.75) is 53.8 Å². The highest BCUT2D eigenvalue weighted by Crippen LogP contribution is 2.22. The summed E-state index contributed by atoms with van der Waals surface area (Å²) in [5.41, 5.74) is 3.82. The molecule has 0 radical (unpaired) electrons. The molecule has 116 valence electrons. The van der Waals surface area contributed by atoms with Crippen molar-refractivity contribution in [3.63, 3.8) is 0 Å². The Morgan fingerprint density at radius 1 is 1.29 bits per heavy atom. The standard InChI is InChI=1S/C16H27N5/c1-12-14(13(2)20(6)19-12)9-18-15(16(3,4)5)10-21-8-7-17-11-21/h7-8,11,15,18H,9-10H2,1-6H3. The molecule has 0 aliphatic carbocycles. The zero-order valence-corrected chi connectivity index (χ0v) is 14.0. The van der Waals surface area contributed by atoms with Crippen molar-refractivity contribution in [2.24, 2.45) is 12.5 Å². The van der Waals surface area contributed by atoms with Crippen molar-refractivity contribution in [1.82, 2.24) is 24.6 Å². The van der Waals surface area contributed by atoms with Gasteiger partial charge >= 0.3 is 0 Å². The lowest BCUT2D eigenvalue weighted by molar-refractivity contribution is 0.240. The summed E-state index contributed by atoms with van der Waals surface area (Å²) < 4.78 is 4.08. The van der Waals surface area contributed by atoms with Crippen LogP contribution in [0.3, 0.4) is 0 Å². The summed E-state index contributed by atoms with van der Waals surface area (Å²) in [6.45, 7) is 12.8. The molecule has 1 atom stereocenters. The Morgan fingerprint density at radius 3 is 2.48 bits per heavy atom. The quantitative estimate of drug-likeness (QED) is 0.919. The van der Waals surface area contributed by atoms with E-state index in [0.717, 1.165) is 18.8 Å². The van der Waals surface area contributed by atoms with Gasteiger partial charge in [-0.2, -0.15) is 5.10 Å². The molecule has 1 unspecified atom stereocenters. The minimum absolute atomic E-state index is 0.175. The molecule has 2 aromatic rings. The van der Waals surface area contributed by atoms with Crippen LogP contribution in [0.1, 0.15) is 37.7 Å². The number of nitrogens with one attached hydrogen (secondary N) is 1. The van der Waals surface area contributed by atoms with E-state index >= 15 is 0 Å². The van der Waals surface area contributed by atoms with E-state index in [9.17, 15) is 0 Å². The van der Waals surface area contributed by atoms with Crippen molar-refractivity contribution >= 4 is 0 Å². The second kappa shape index (κ2) is 6.02. The molecule has 1 N–H and O–H groups in total. The van der Waals surface area contributed by atoms with E-state index in [0.29, 0.717) is 6.04 Å². The van der Waals surface area contributed by atoms with E-state index in [1.807, 2.05) is 30.5 Å². The SMILES string of the molecule is Cc1nn(C)c(C)c1CNC(Cn1ccnc1)C(C)(C)C. The van der Waals surface area contributed by atoms with Crippen LogP contribution in [-0.2, 0) is 20.1 Å². The predicted molar refractivity (Wildman–Crippen MR) is 85.0 cm³/mol. The lowest BCUT2D eigenvalue weighted by Gasteiger charge is -2.32. The molecule has 0 bridgehead atoms. The smallest absolute Gasteiger partial charge is 0.0946 e. The van der Waals surface area contributed by atoms with Crippen LogP contribution in [0.5, 0.6) is 0 Å². The molecule has 0 fully saturated rings. The summed E-state index contributed by atoms with van der Waals surface area (Å²) in [5, 5.41) is 8.20. The van der Waals surface area contributed by atoms with Gasteiger partial charge in [-0.25, -0.2) is 4.98 Å². The Labute approximate surface area is 127 Å². The molecule has 0 aliphatic rings. The molecule has 0 aliphatic heterocycles. The number of hydrogen-bond donors (Lipinski definition) is 1. The van der Waals surface area contributed by atoms with Crippen molar-refractivity contribution in [2.75, 3.05) is 0 Å². The van der Waals surface area contributed by atoms with E-state index < -0.39 is 0 Å². The Morgan fingerprint density at radius 2 is 2.00 bits per heavy atom. The average Bonchev–Trinajstić information content (AvgIpc) is 2.95. The largest absolute Gasteiger partial charge is 0.336 e. The van der Waals surface area contributed by atoms with Crippen LogP contribution >= 0.6 is 0 Å². The van der Waals surface area contributed by atoms with Gasteiger partial charge in [-0.05, 0) is 19.3 Å². The maximum Gasteiger partial charge on any atom is 0.0946 e. The molecular formula is C16H27N5. The fourth-order valence-corrected chi connectivity index (χ4v) is 2.55. The average molecular weight is 289 g/mol. The van der Waals surface area contributed by atoms with Gasteiger partial charge in [0.05, 0.1) is 12.0 Å². The predicted octanol–water partition coefficient (Wildman–Crippen LogP) is 2.44. The number of imidazole rings is 1. The number of nitrogens with zero attached hydrogens (tertiary/aromatic N) is 4. The first kappa shape index (κ1) is 15.8. The number of aromatic nitrogens is 4. The van der Waals surface area contributed by atoms with Gasteiger partial charge in [-0.15, -0.1) is 0 Å². The first-order valence-corrected chi connectivity index (χ1v) is 7.47. The fraction of sp³-hybridized carbons (Fsp3) is 0.625. The van der Waals surface area contributed by atoms with E-state index in [2.05, 4.69) is 54.6 Å². The highest BCUT2D eigenvalue weighted by Gasteiger charge is 2.25. The molecule has 0 amide bonds. The Kier molecular flexibility index (Phi) is 4.52. The van der Waals surface area contributed by atoms with Crippen LogP contribution in [0.2, 0.25) is 0 Å². The van der Waals surface area contributed by atoms with Crippen LogP contribution < -0.4 is 5.32 Å². The highest BCUT2D eigenvalue weighted by atomic mass is 15.3. The Balaban J connectivity index is 2.09. The molecule has 2 aromatic heterocycles. The normalized spacial score (nSPS) is 13.6. The summed E-state index contributed by atoms with van der Waals surface area (Å²) in [6.07, 6.45) is 5.72. The first-order chi connectivity index (χ1) is 9.79. The third-order valence-electron chi connectivity index (χ3n) is 4.18. The number of aryl methyl sites for hydroxylation is 2. The minimum atomic E-state index is 0.175. The van der Waals surface area contributed by atoms with Crippen molar-refractivity contribution in [1.29, 1.82) is 0 Å². The molecule has 0 saturated heterocycles. The zero-order chi connectivity index (χ0) is 15.6. The van der Waals surface area contributed by atoms with Crippen LogP contribution in [-0.4, -0.2) is 25.4 Å². The summed E-state index contributed by atoms with van der Waals surface area (Å²) in [4.78, 5) is 4.13. The van der Waals surface area contributed by atoms with Crippen molar-refractivity contribution in [3.05, 3.63) is 35.7 Å². The fourth-order valence-electron chi connectivity index (χ4n) is 2.55. The van der Waals surface area contributed by atoms with Gasteiger partial charge in [0.1, 0.15) is 0 Å². The second-order valence-electron chi connectivity index (χ2n) is 6.83. The molecule has 5 heteroatoms. The van der Waals surface area contributed by atoms with Crippen LogP contribution in [0, 0.1) is 19.3 Å². The molecule has 0 aromatic carbocycles. The lowest BCUT2D eigenvalue weighted by atomic mass is 9.86. The zero-order valence-electron chi connectivity index (χ0n) is 14.0. The summed E-state index contributed by atoms with van der Waals surface area (Å²) in [6, 6.07) is 0.366. The van der Waals surface area contributed by atoms with E-state index in [1.165, 1.54) is 11.3 Å². The molecule has 5 nitrogen and oxygen atoms in total. The first-order valence-electron chi connectivity index (χ1n) is 7.47. The molecule has 0 spiro atoms. The second-order valence-corrected chi connectivity index (χ2v) is 6.83. The van der Waals surface area contributed by atoms with Gasteiger partial charge in [-0.3, -0.25) is 4.68 Å². The van der Waals surface area contributed by atoms with Crippen LogP contribution in [0.4, 0.5) is 0 Å². The molecular weight excluding hydrogens is 262 g/mol. The van der Waals surface area contributed by atoms with Crippen molar-refractivity contribution in [3.8, 4) is 0 Å². The van der Waals surface area contributed by atoms with Gasteiger partial charge < -0.3 is 9.88 Å². The molecule has 2 heterocycles. The van der Waals surface area contributed by atoms with E-state index in [1.54, 1.807) is 0 Å². The van der Waals surface area contributed by atoms with E-state index in [4.69, 9.17) is 0 Å². The molecule has 21 heavy (non-hydrogen) atoms. The summed E-state index contributed by atoms with van der Waals surface area (Å²) in [7, 11) is 2.00. The lowest BCUT2D eigenvalue weighted by Crippen LogP contribution is -2.43.